The number of hydrogen-bond acceptors (Lipinski definition) is 5. The predicted octanol–water partition coefficient (Wildman–Crippen LogP) is 4.39. The van der Waals surface area contributed by atoms with Crippen molar-refractivity contribution in [1.29, 1.82) is 0 Å². The van der Waals surface area contributed by atoms with Gasteiger partial charge in [0.1, 0.15) is 0 Å². The number of aromatic nitrogens is 2. The van der Waals surface area contributed by atoms with E-state index in [0.29, 0.717) is 43.8 Å². The normalized spacial score (nSPS) is 24.4. The minimum atomic E-state index is -0.885. The third-order valence-corrected chi connectivity index (χ3v) is 11.9. The number of nitrogens with zero attached hydrogens (tertiary/aromatic N) is 1. The Morgan fingerprint density at radius 1 is 0.886 bits per heavy atom. The summed E-state index contributed by atoms with van der Waals surface area (Å²) in [7, 11) is 0. The van der Waals surface area contributed by atoms with Crippen LogP contribution in [0, 0.1) is 19.8 Å². The summed E-state index contributed by atoms with van der Waals surface area (Å²) >= 11 is 1.84. The molecular weight excluding hydrogens is 580 g/mol. The molecule has 2 aromatic heterocycles. The Bertz CT molecular complexity index is 1610. The van der Waals surface area contributed by atoms with Crippen LogP contribution in [-0.2, 0) is 51.3 Å². The third-order valence-electron chi connectivity index (χ3n) is 10.1. The van der Waals surface area contributed by atoms with Crippen molar-refractivity contribution >= 4 is 41.2 Å². The van der Waals surface area contributed by atoms with E-state index in [4.69, 9.17) is 0 Å². The van der Waals surface area contributed by atoms with Crippen LogP contribution in [0.3, 0.4) is 0 Å². The van der Waals surface area contributed by atoms with E-state index >= 15 is 0 Å². The predicted molar refractivity (Wildman–Crippen MR) is 169 cm³/mol. The first kappa shape index (κ1) is 31.8. The first-order chi connectivity index (χ1) is 20.8. The number of allylic oxidation sites excluding steroid dienone is 1. The first-order valence-corrected chi connectivity index (χ1v) is 16.3. The van der Waals surface area contributed by atoms with Gasteiger partial charge in [0.05, 0.1) is 22.4 Å². The van der Waals surface area contributed by atoms with E-state index in [0.717, 1.165) is 61.9 Å². The maximum atomic E-state index is 12.7. The number of carbonyl (C=O) groups excluding carboxylic acids is 2. The highest BCUT2D eigenvalue weighted by atomic mass is 32.2. The number of carbonyl (C=O) groups is 4. The van der Waals surface area contributed by atoms with Crippen molar-refractivity contribution in [3.8, 4) is 0 Å². The number of aliphatic imine (C=N–C) groups is 1. The lowest BCUT2D eigenvalue weighted by Gasteiger charge is -2.19. The van der Waals surface area contributed by atoms with Crippen molar-refractivity contribution in [3.63, 3.8) is 0 Å². The van der Waals surface area contributed by atoms with Crippen LogP contribution in [-0.4, -0.2) is 65.7 Å². The molecule has 1 unspecified atom stereocenters. The first-order valence-electron chi connectivity index (χ1n) is 15.4. The van der Waals surface area contributed by atoms with Crippen LogP contribution >= 0.6 is 11.8 Å². The maximum Gasteiger partial charge on any atom is 0.303 e. The summed E-state index contributed by atoms with van der Waals surface area (Å²) in [5.41, 5.74) is 9.81. The van der Waals surface area contributed by atoms with Crippen molar-refractivity contribution in [2.24, 2.45) is 10.9 Å². The van der Waals surface area contributed by atoms with Gasteiger partial charge in [-0.25, -0.2) is 4.99 Å². The van der Waals surface area contributed by atoms with Gasteiger partial charge < -0.3 is 25.5 Å². The molecule has 4 atom stereocenters. The molecule has 2 amide bonds. The fourth-order valence-corrected chi connectivity index (χ4v) is 8.84. The highest BCUT2D eigenvalue weighted by Crippen LogP contribution is 2.62. The number of aliphatic carboxylic acids is 2. The standard InChI is InChI=1S/C33H42N4O6S/c1-7-20-15(2)24(36-32(20)43)12-23-16(3)21(8-10-29(38)39)26(34-23)13-27-22(9-11-30(40)41)17(4)25(35-27)14-28-33(19(6)44-33)18(5)31(42)37-28/h18-19,28,34-35H,7-14H2,1-6H3,(H,37,42)(H,38,39)(H,40,41)/t18-,19+,28?,33-/m0/s1. The van der Waals surface area contributed by atoms with Crippen molar-refractivity contribution in [3.05, 3.63) is 56.2 Å². The fraction of sp³-hybridized carbons (Fsp3) is 0.545. The molecule has 5 heterocycles. The minimum Gasteiger partial charge on any atom is -0.481 e. The van der Waals surface area contributed by atoms with Crippen LogP contribution in [0.1, 0.15) is 92.0 Å². The number of H-pyrrole nitrogens is 2. The molecule has 5 rings (SSSR count). The lowest BCUT2D eigenvalue weighted by atomic mass is 9.86. The molecule has 0 bridgehead atoms. The van der Waals surface area contributed by atoms with Gasteiger partial charge in [-0.15, -0.1) is 11.8 Å². The topological polar surface area (TPSA) is 165 Å². The number of rotatable bonds is 13. The molecule has 0 aromatic carbocycles. The van der Waals surface area contributed by atoms with Gasteiger partial charge >= 0.3 is 11.9 Å². The van der Waals surface area contributed by atoms with Crippen LogP contribution < -0.4 is 5.32 Å². The molecule has 11 heteroatoms. The number of nitrogens with one attached hydrogen (secondary N) is 3. The zero-order valence-corrected chi connectivity index (χ0v) is 27.1. The molecule has 236 valence electrons. The molecule has 44 heavy (non-hydrogen) atoms. The van der Waals surface area contributed by atoms with E-state index in [1.54, 1.807) is 0 Å². The lowest BCUT2D eigenvalue weighted by Crippen LogP contribution is -2.37. The average molecular weight is 623 g/mol. The van der Waals surface area contributed by atoms with Gasteiger partial charge in [-0.05, 0) is 67.9 Å². The van der Waals surface area contributed by atoms with Crippen LogP contribution in [0.25, 0.3) is 0 Å². The van der Waals surface area contributed by atoms with E-state index in [-0.39, 0.29) is 41.4 Å². The SMILES string of the molecule is CCC1=C(C)C(Cc2[nH]c(Cc3[nH]c(CC4NC(=O)[C@H](C)[C@@]45S[C@@H]5C)c(C)c3CCC(=O)O)c(CCC(=O)O)c2C)=NC1=O. The van der Waals surface area contributed by atoms with E-state index in [1.165, 1.54) is 0 Å². The Hall–Kier alpha value is -3.60. The van der Waals surface area contributed by atoms with Gasteiger partial charge in [-0.3, -0.25) is 19.2 Å². The number of carboxylic acids is 2. The Balaban J connectivity index is 1.49. The van der Waals surface area contributed by atoms with E-state index in [9.17, 15) is 29.4 Å². The molecule has 10 nitrogen and oxygen atoms in total. The Labute approximate surface area is 261 Å². The molecule has 2 saturated heterocycles. The molecule has 0 saturated carbocycles. The van der Waals surface area contributed by atoms with Crippen LogP contribution in [0.15, 0.2) is 16.1 Å². The summed E-state index contributed by atoms with van der Waals surface area (Å²) in [5, 5.41) is 22.6. The van der Waals surface area contributed by atoms with Crippen LogP contribution in [0.2, 0.25) is 0 Å². The molecule has 0 radical (unpaired) electrons. The average Bonchev–Trinajstić information content (AvgIpc) is 3.13. The van der Waals surface area contributed by atoms with Gasteiger partial charge in [-0.1, -0.05) is 20.8 Å². The largest absolute Gasteiger partial charge is 0.481 e. The van der Waals surface area contributed by atoms with Gasteiger partial charge in [0.2, 0.25) is 5.91 Å². The van der Waals surface area contributed by atoms with Gasteiger partial charge in [0, 0.05) is 65.7 Å². The second-order valence-electron chi connectivity index (χ2n) is 12.4. The molecule has 2 fully saturated rings. The van der Waals surface area contributed by atoms with Crippen LogP contribution in [0.5, 0.6) is 0 Å². The fourth-order valence-electron chi connectivity index (χ4n) is 7.31. The lowest BCUT2D eigenvalue weighted by molar-refractivity contribution is -0.138. The number of aromatic amines is 2. The molecule has 1 spiro atoms. The minimum absolute atomic E-state index is 0.0146. The highest BCUT2D eigenvalue weighted by molar-refractivity contribution is 8.08. The summed E-state index contributed by atoms with van der Waals surface area (Å²) in [6.07, 6.45) is 2.78. The zero-order chi connectivity index (χ0) is 32.1. The van der Waals surface area contributed by atoms with E-state index < -0.39 is 11.9 Å². The summed E-state index contributed by atoms with van der Waals surface area (Å²) in [5.74, 6) is -1.95. The molecule has 5 N–H and O–H groups in total. The summed E-state index contributed by atoms with van der Waals surface area (Å²) < 4.78 is -0.125. The van der Waals surface area contributed by atoms with Gasteiger partial charge in [0.15, 0.2) is 0 Å². The molecule has 3 aliphatic rings. The Morgan fingerprint density at radius 3 is 1.93 bits per heavy atom. The van der Waals surface area contributed by atoms with Gasteiger partial charge in [0.25, 0.3) is 5.91 Å². The number of hydrogen-bond donors (Lipinski definition) is 5. The van der Waals surface area contributed by atoms with Crippen LogP contribution in [0.4, 0.5) is 0 Å². The van der Waals surface area contributed by atoms with Crippen molar-refractivity contribution in [2.75, 3.05) is 0 Å². The molecule has 2 aromatic rings. The van der Waals surface area contributed by atoms with Crippen molar-refractivity contribution in [1.82, 2.24) is 15.3 Å². The molecule has 0 aliphatic carbocycles. The Kier molecular flexibility index (Phi) is 8.72. The smallest absolute Gasteiger partial charge is 0.303 e. The third kappa shape index (κ3) is 5.66. The van der Waals surface area contributed by atoms with Crippen molar-refractivity contribution in [2.45, 2.75) is 109 Å². The second kappa shape index (κ2) is 12.1. The summed E-state index contributed by atoms with van der Waals surface area (Å²) in [6.45, 7) is 12.0. The Morgan fingerprint density at radius 2 is 1.43 bits per heavy atom. The molecule has 3 aliphatic heterocycles. The van der Waals surface area contributed by atoms with Crippen molar-refractivity contribution < 1.29 is 29.4 Å². The monoisotopic (exact) mass is 622 g/mol. The number of carboxylic acid groups (broad SMARTS) is 2. The maximum absolute atomic E-state index is 12.7. The number of amides is 2. The zero-order valence-electron chi connectivity index (χ0n) is 26.3. The van der Waals surface area contributed by atoms with E-state index in [1.807, 2.05) is 46.4 Å². The quantitative estimate of drug-likeness (QED) is 0.207. The second-order valence-corrected chi connectivity index (χ2v) is 14.1. The highest BCUT2D eigenvalue weighted by Gasteiger charge is 2.66. The summed E-state index contributed by atoms with van der Waals surface area (Å²) in [4.78, 5) is 59.7. The molecular formula is C33H42N4O6S. The number of thioether (sulfide) groups is 1. The van der Waals surface area contributed by atoms with E-state index in [2.05, 4.69) is 27.2 Å². The summed E-state index contributed by atoms with van der Waals surface area (Å²) in [6, 6.07) is -0.0211. The van der Waals surface area contributed by atoms with Gasteiger partial charge in [-0.2, -0.15) is 0 Å².